The number of aromatic nitrogens is 1. The fourth-order valence-corrected chi connectivity index (χ4v) is 1.90. The van der Waals surface area contributed by atoms with Gasteiger partial charge in [-0.1, -0.05) is 6.07 Å². The van der Waals surface area contributed by atoms with E-state index in [1.165, 1.54) is 0 Å². The molecule has 1 aliphatic heterocycles. The van der Waals surface area contributed by atoms with Crippen LogP contribution in [0.4, 0.5) is 5.82 Å². The summed E-state index contributed by atoms with van der Waals surface area (Å²) in [6, 6.07) is 5.75. The van der Waals surface area contributed by atoms with Crippen molar-refractivity contribution in [3.63, 3.8) is 0 Å². The Morgan fingerprint density at radius 3 is 3.00 bits per heavy atom. The molecule has 0 unspecified atom stereocenters. The minimum absolute atomic E-state index is 0.650. The molecule has 1 aromatic heterocycles. The van der Waals surface area contributed by atoms with E-state index in [2.05, 4.69) is 20.5 Å². The molecule has 0 bridgehead atoms. The molecule has 0 spiro atoms. The molecule has 0 saturated carbocycles. The van der Waals surface area contributed by atoms with Gasteiger partial charge in [0.2, 0.25) is 5.88 Å². The van der Waals surface area contributed by atoms with Crippen molar-refractivity contribution in [2.45, 2.75) is 0 Å². The Balaban J connectivity index is 1.73. The molecule has 5 nitrogen and oxygen atoms in total. The number of ether oxygens (including phenoxy) is 1. The first-order chi connectivity index (χ1) is 8.38. The molecule has 94 valence electrons. The van der Waals surface area contributed by atoms with Crippen LogP contribution in [0.15, 0.2) is 18.2 Å². The number of pyridine rings is 1. The zero-order chi connectivity index (χ0) is 11.9. The lowest BCUT2D eigenvalue weighted by molar-refractivity contribution is 0.249. The molecule has 17 heavy (non-hydrogen) atoms. The average Bonchev–Trinajstić information content (AvgIpc) is 2.40. The van der Waals surface area contributed by atoms with Gasteiger partial charge in [-0.05, 0) is 6.07 Å². The van der Waals surface area contributed by atoms with Gasteiger partial charge in [0.15, 0.2) is 0 Å². The van der Waals surface area contributed by atoms with Crippen molar-refractivity contribution in [1.29, 1.82) is 0 Å². The Labute approximate surface area is 102 Å². The average molecular weight is 236 g/mol. The van der Waals surface area contributed by atoms with E-state index in [0.717, 1.165) is 45.1 Å². The van der Waals surface area contributed by atoms with Crippen molar-refractivity contribution in [2.24, 2.45) is 0 Å². The Hall–Kier alpha value is -1.33. The van der Waals surface area contributed by atoms with Gasteiger partial charge < -0.3 is 15.4 Å². The van der Waals surface area contributed by atoms with Gasteiger partial charge in [0.25, 0.3) is 0 Å². The number of rotatable bonds is 5. The van der Waals surface area contributed by atoms with Crippen LogP contribution in [0.25, 0.3) is 0 Å². The van der Waals surface area contributed by atoms with Gasteiger partial charge in [-0.3, -0.25) is 4.90 Å². The molecule has 2 rings (SSSR count). The summed E-state index contributed by atoms with van der Waals surface area (Å²) in [5, 5.41) is 6.66. The second kappa shape index (κ2) is 6.42. The molecule has 1 aliphatic rings. The van der Waals surface area contributed by atoms with Gasteiger partial charge in [0.1, 0.15) is 5.82 Å². The third-order valence-corrected chi connectivity index (χ3v) is 2.88. The van der Waals surface area contributed by atoms with Crippen molar-refractivity contribution in [3.05, 3.63) is 18.2 Å². The first kappa shape index (κ1) is 12.1. The Kier molecular flexibility index (Phi) is 4.58. The van der Waals surface area contributed by atoms with Crippen LogP contribution >= 0.6 is 0 Å². The van der Waals surface area contributed by atoms with E-state index >= 15 is 0 Å². The normalized spacial score (nSPS) is 16.8. The molecular weight excluding hydrogens is 216 g/mol. The quantitative estimate of drug-likeness (QED) is 0.775. The van der Waals surface area contributed by atoms with E-state index < -0.39 is 0 Å². The smallest absolute Gasteiger partial charge is 0.214 e. The molecule has 2 N–H and O–H groups in total. The molecular formula is C12H20N4O. The maximum Gasteiger partial charge on any atom is 0.214 e. The fraction of sp³-hybridized carbons (Fsp3) is 0.583. The number of anilines is 1. The van der Waals surface area contributed by atoms with Gasteiger partial charge >= 0.3 is 0 Å². The molecule has 0 amide bonds. The summed E-state index contributed by atoms with van der Waals surface area (Å²) in [6.07, 6.45) is 0. The van der Waals surface area contributed by atoms with Gasteiger partial charge in [-0.2, -0.15) is 4.98 Å². The van der Waals surface area contributed by atoms with Crippen molar-refractivity contribution in [2.75, 3.05) is 51.7 Å². The van der Waals surface area contributed by atoms with E-state index in [4.69, 9.17) is 4.74 Å². The van der Waals surface area contributed by atoms with E-state index in [0.29, 0.717) is 5.88 Å². The molecule has 0 radical (unpaired) electrons. The van der Waals surface area contributed by atoms with Gasteiger partial charge in [0, 0.05) is 45.3 Å². The predicted molar refractivity (Wildman–Crippen MR) is 68.6 cm³/mol. The fourth-order valence-electron chi connectivity index (χ4n) is 1.90. The van der Waals surface area contributed by atoms with Crippen LogP contribution in [0.2, 0.25) is 0 Å². The lowest BCUT2D eigenvalue weighted by atomic mass is 10.3. The summed E-state index contributed by atoms with van der Waals surface area (Å²) in [5.74, 6) is 1.52. The van der Waals surface area contributed by atoms with E-state index in [9.17, 15) is 0 Å². The second-order valence-corrected chi connectivity index (χ2v) is 4.08. The van der Waals surface area contributed by atoms with Crippen molar-refractivity contribution < 1.29 is 4.74 Å². The van der Waals surface area contributed by atoms with Crippen LogP contribution in [0, 0.1) is 0 Å². The number of hydrogen-bond donors (Lipinski definition) is 2. The number of piperazine rings is 1. The standard InChI is InChI=1S/C12H20N4O/c1-17-12-4-2-3-11(15-12)14-7-10-16-8-5-13-6-9-16/h2-4,13H,5-10H2,1H3,(H,14,15). The Morgan fingerprint density at radius 2 is 2.24 bits per heavy atom. The molecule has 1 aromatic rings. The molecule has 5 heteroatoms. The van der Waals surface area contributed by atoms with E-state index in [-0.39, 0.29) is 0 Å². The van der Waals surface area contributed by atoms with E-state index in [1.807, 2.05) is 18.2 Å². The minimum Gasteiger partial charge on any atom is -0.481 e. The van der Waals surface area contributed by atoms with Crippen molar-refractivity contribution >= 4 is 5.82 Å². The topological polar surface area (TPSA) is 49.4 Å². The highest BCUT2D eigenvalue weighted by Crippen LogP contribution is 2.10. The summed E-state index contributed by atoms with van der Waals surface area (Å²) in [4.78, 5) is 6.76. The Bertz CT molecular complexity index is 339. The third kappa shape index (κ3) is 3.87. The predicted octanol–water partition coefficient (Wildman–Crippen LogP) is 0.407. The number of nitrogens with one attached hydrogen (secondary N) is 2. The summed E-state index contributed by atoms with van der Waals surface area (Å²) in [5.41, 5.74) is 0. The summed E-state index contributed by atoms with van der Waals surface area (Å²) in [6.45, 7) is 6.43. The van der Waals surface area contributed by atoms with Crippen LogP contribution < -0.4 is 15.4 Å². The zero-order valence-corrected chi connectivity index (χ0v) is 10.3. The van der Waals surface area contributed by atoms with Gasteiger partial charge in [-0.15, -0.1) is 0 Å². The van der Waals surface area contributed by atoms with Gasteiger partial charge in [-0.25, -0.2) is 0 Å². The SMILES string of the molecule is COc1cccc(NCCN2CCNCC2)n1. The van der Waals surface area contributed by atoms with Crippen LogP contribution in [-0.4, -0.2) is 56.3 Å². The lowest BCUT2D eigenvalue weighted by Crippen LogP contribution is -2.45. The van der Waals surface area contributed by atoms with Crippen LogP contribution in [0.1, 0.15) is 0 Å². The zero-order valence-electron chi connectivity index (χ0n) is 10.3. The number of hydrogen-bond acceptors (Lipinski definition) is 5. The first-order valence-corrected chi connectivity index (χ1v) is 6.06. The largest absolute Gasteiger partial charge is 0.481 e. The molecule has 1 fully saturated rings. The lowest BCUT2D eigenvalue weighted by Gasteiger charge is -2.27. The molecule has 0 aliphatic carbocycles. The summed E-state index contributed by atoms with van der Waals surface area (Å²) >= 11 is 0. The molecule has 0 aromatic carbocycles. The molecule has 2 heterocycles. The van der Waals surface area contributed by atoms with Crippen molar-refractivity contribution in [1.82, 2.24) is 15.2 Å². The molecule has 0 atom stereocenters. The third-order valence-electron chi connectivity index (χ3n) is 2.88. The van der Waals surface area contributed by atoms with E-state index in [1.54, 1.807) is 7.11 Å². The van der Waals surface area contributed by atoms with Gasteiger partial charge in [0.05, 0.1) is 7.11 Å². The maximum absolute atomic E-state index is 5.08. The monoisotopic (exact) mass is 236 g/mol. The second-order valence-electron chi connectivity index (χ2n) is 4.08. The highest BCUT2D eigenvalue weighted by atomic mass is 16.5. The van der Waals surface area contributed by atoms with Crippen LogP contribution in [0.5, 0.6) is 5.88 Å². The highest BCUT2D eigenvalue weighted by Gasteiger charge is 2.08. The first-order valence-electron chi connectivity index (χ1n) is 6.06. The summed E-state index contributed by atoms with van der Waals surface area (Å²) < 4.78 is 5.08. The minimum atomic E-state index is 0.650. The Morgan fingerprint density at radius 1 is 1.41 bits per heavy atom. The summed E-state index contributed by atoms with van der Waals surface area (Å²) in [7, 11) is 1.63. The highest BCUT2D eigenvalue weighted by molar-refractivity contribution is 5.36. The van der Waals surface area contributed by atoms with Crippen LogP contribution in [0.3, 0.4) is 0 Å². The van der Waals surface area contributed by atoms with Crippen LogP contribution in [-0.2, 0) is 0 Å². The molecule has 1 saturated heterocycles. The number of nitrogens with zero attached hydrogens (tertiary/aromatic N) is 2. The van der Waals surface area contributed by atoms with Crippen molar-refractivity contribution in [3.8, 4) is 5.88 Å². The number of methoxy groups -OCH3 is 1. The maximum atomic E-state index is 5.08.